The number of benzene rings is 2. The average molecular weight is 413 g/mol. The summed E-state index contributed by atoms with van der Waals surface area (Å²) in [7, 11) is 1.63. The van der Waals surface area contributed by atoms with E-state index in [-0.39, 0.29) is 23.7 Å². The van der Waals surface area contributed by atoms with Crippen molar-refractivity contribution in [1.29, 1.82) is 0 Å². The molecule has 2 amide bonds. The molecule has 4 rings (SSSR count). The molecule has 2 aromatic carbocycles. The highest BCUT2D eigenvalue weighted by Gasteiger charge is 2.41. The summed E-state index contributed by atoms with van der Waals surface area (Å²) in [5, 5.41) is 3.69. The lowest BCUT2D eigenvalue weighted by Gasteiger charge is -2.18. The van der Waals surface area contributed by atoms with Gasteiger partial charge in [-0.1, -0.05) is 23.7 Å². The molecule has 2 fully saturated rings. The molecule has 152 valence electrons. The van der Waals surface area contributed by atoms with Crippen LogP contribution in [0, 0.1) is 11.8 Å². The van der Waals surface area contributed by atoms with Crippen molar-refractivity contribution < 1.29 is 14.3 Å². The van der Waals surface area contributed by atoms with E-state index in [1.54, 1.807) is 36.3 Å². The molecule has 2 atom stereocenters. The Hall–Kier alpha value is -2.53. The van der Waals surface area contributed by atoms with Crippen molar-refractivity contribution in [2.45, 2.75) is 18.8 Å². The predicted octanol–water partition coefficient (Wildman–Crippen LogP) is 3.73. The molecule has 2 unspecified atom stereocenters. The highest BCUT2D eigenvalue weighted by molar-refractivity contribution is 6.30. The minimum Gasteiger partial charge on any atom is -0.497 e. The van der Waals surface area contributed by atoms with E-state index in [9.17, 15) is 9.59 Å². The van der Waals surface area contributed by atoms with Crippen LogP contribution in [0.2, 0.25) is 5.02 Å². The predicted molar refractivity (Wildman–Crippen MR) is 112 cm³/mol. The highest BCUT2D eigenvalue weighted by Crippen LogP contribution is 2.35. The van der Waals surface area contributed by atoms with Gasteiger partial charge < -0.3 is 15.0 Å². The molecular weight excluding hydrogens is 388 g/mol. The number of nitrogens with zero attached hydrogens (tertiary/aromatic N) is 1. The van der Waals surface area contributed by atoms with Crippen molar-refractivity contribution in [2.75, 3.05) is 26.7 Å². The number of rotatable bonds is 6. The standard InChI is InChI=1S/C23H25ClN2O3/c1-29-19-4-2-3-17(11-19)20-13-26(23(28)16-7-9-18(24)10-8-16)14-21(20)22(27)25-12-15-5-6-15/h2-4,7-11,15,20-21H,5-6,12-14H2,1H3,(H,25,27). The third-order valence-corrected chi connectivity index (χ3v) is 6.07. The smallest absolute Gasteiger partial charge is 0.253 e. The van der Waals surface area contributed by atoms with Crippen LogP contribution in [-0.4, -0.2) is 43.5 Å². The molecule has 1 aliphatic carbocycles. The van der Waals surface area contributed by atoms with E-state index < -0.39 is 0 Å². The quantitative estimate of drug-likeness (QED) is 0.786. The number of carbonyl (C=O) groups excluding carboxylic acids is 2. The van der Waals surface area contributed by atoms with Gasteiger partial charge in [0.25, 0.3) is 5.91 Å². The van der Waals surface area contributed by atoms with E-state index in [1.165, 1.54) is 12.8 Å². The van der Waals surface area contributed by atoms with Crippen LogP contribution < -0.4 is 10.1 Å². The largest absolute Gasteiger partial charge is 0.497 e. The zero-order valence-electron chi connectivity index (χ0n) is 16.4. The van der Waals surface area contributed by atoms with Gasteiger partial charge >= 0.3 is 0 Å². The lowest BCUT2D eigenvalue weighted by Crippen LogP contribution is -2.36. The first-order valence-corrected chi connectivity index (χ1v) is 10.4. The summed E-state index contributed by atoms with van der Waals surface area (Å²) in [6.45, 7) is 1.63. The Morgan fingerprint density at radius 1 is 1.14 bits per heavy atom. The van der Waals surface area contributed by atoms with Crippen LogP contribution in [0.15, 0.2) is 48.5 Å². The third kappa shape index (κ3) is 4.56. The zero-order valence-corrected chi connectivity index (χ0v) is 17.2. The number of ether oxygens (including phenoxy) is 1. The maximum absolute atomic E-state index is 13.0. The molecule has 1 N–H and O–H groups in total. The van der Waals surface area contributed by atoms with Crippen LogP contribution in [0.25, 0.3) is 0 Å². The van der Waals surface area contributed by atoms with E-state index in [1.807, 2.05) is 24.3 Å². The zero-order chi connectivity index (χ0) is 20.4. The van der Waals surface area contributed by atoms with Crippen molar-refractivity contribution in [3.63, 3.8) is 0 Å². The second-order valence-corrected chi connectivity index (χ2v) is 8.33. The molecule has 0 spiro atoms. The van der Waals surface area contributed by atoms with Crippen LogP contribution in [0.4, 0.5) is 0 Å². The third-order valence-electron chi connectivity index (χ3n) is 5.82. The second kappa shape index (κ2) is 8.46. The minimum absolute atomic E-state index is 0.0242. The first-order chi connectivity index (χ1) is 14.0. The molecule has 0 aromatic heterocycles. The molecule has 1 saturated carbocycles. The van der Waals surface area contributed by atoms with E-state index in [2.05, 4.69) is 5.32 Å². The first kappa shape index (κ1) is 19.8. The van der Waals surface area contributed by atoms with Crippen molar-refractivity contribution in [3.05, 3.63) is 64.7 Å². The SMILES string of the molecule is COc1cccc(C2CN(C(=O)c3ccc(Cl)cc3)CC2C(=O)NCC2CC2)c1. The van der Waals surface area contributed by atoms with Crippen LogP contribution in [0.3, 0.4) is 0 Å². The molecule has 1 saturated heterocycles. The number of methoxy groups -OCH3 is 1. The van der Waals surface area contributed by atoms with Gasteiger partial charge in [0.1, 0.15) is 5.75 Å². The fourth-order valence-corrected chi connectivity index (χ4v) is 4.04. The van der Waals surface area contributed by atoms with E-state index in [4.69, 9.17) is 16.3 Å². The van der Waals surface area contributed by atoms with Crippen molar-refractivity contribution in [2.24, 2.45) is 11.8 Å². The molecule has 0 bridgehead atoms. The average Bonchev–Trinajstić information content (AvgIpc) is 3.47. The summed E-state index contributed by atoms with van der Waals surface area (Å²) >= 11 is 5.95. The topological polar surface area (TPSA) is 58.6 Å². The molecule has 0 radical (unpaired) electrons. The van der Waals surface area contributed by atoms with Gasteiger partial charge in [0.2, 0.25) is 5.91 Å². The summed E-state index contributed by atoms with van der Waals surface area (Å²) in [6.07, 6.45) is 2.37. The highest BCUT2D eigenvalue weighted by atomic mass is 35.5. The van der Waals surface area contributed by atoms with Crippen molar-refractivity contribution in [1.82, 2.24) is 10.2 Å². The van der Waals surface area contributed by atoms with E-state index in [0.29, 0.717) is 29.6 Å². The fourth-order valence-electron chi connectivity index (χ4n) is 3.92. The number of hydrogen-bond acceptors (Lipinski definition) is 3. The molecule has 2 aliphatic rings. The maximum atomic E-state index is 13.0. The van der Waals surface area contributed by atoms with Gasteiger partial charge in [0.05, 0.1) is 13.0 Å². The van der Waals surface area contributed by atoms with Gasteiger partial charge in [0.15, 0.2) is 0 Å². The summed E-state index contributed by atoms with van der Waals surface area (Å²) in [5.74, 6) is 0.963. The monoisotopic (exact) mass is 412 g/mol. The van der Waals surface area contributed by atoms with Crippen LogP contribution in [0.5, 0.6) is 5.75 Å². The summed E-state index contributed by atoms with van der Waals surface area (Å²) < 4.78 is 5.36. The Kier molecular flexibility index (Phi) is 5.76. The molecular formula is C23H25ClN2O3. The van der Waals surface area contributed by atoms with Gasteiger partial charge in [-0.15, -0.1) is 0 Å². The van der Waals surface area contributed by atoms with E-state index >= 15 is 0 Å². The van der Waals surface area contributed by atoms with Crippen LogP contribution in [0.1, 0.15) is 34.7 Å². The summed E-state index contributed by atoms with van der Waals surface area (Å²) in [5.41, 5.74) is 1.60. The molecule has 6 heteroatoms. The normalized spacial score (nSPS) is 21.1. The minimum atomic E-state index is -0.280. The lowest BCUT2D eigenvalue weighted by molar-refractivity contribution is -0.125. The van der Waals surface area contributed by atoms with Crippen LogP contribution >= 0.6 is 11.6 Å². The Morgan fingerprint density at radius 2 is 1.90 bits per heavy atom. The lowest BCUT2D eigenvalue weighted by atomic mass is 9.88. The Labute approximate surface area is 176 Å². The first-order valence-electron chi connectivity index (χ1n) is 10.0. The van der Waals surface area contributed by atoms with Crippen LogP contribution in [-0.2, 0) is 4.79 Å². The molecule has 1 heterocycles. The second-order valence-electron chi connectivity index (χ2n) is 7.90. The van der Waals surface area contributed by atoms with E-state index in [0.717, 1.165) is 17.9 Å². The Morgan fingerprint density at radius 3 is 2.59 bits per heavy atom. The molecule has 5 nitrogen and oxygen atoms in total. The summed E-state index contributed by atoms with van der Waals surface area (Å²) in [6, 6.07) is 14.7. The fraction of sp³-hybridized carbons (Fsp3) is 0.391. The number of likely N-dealkylation sites (tertiary alicyclic amines) is 1. The number of nitrogens with one attached hydrogen (secondary N) is 1. The maximum Gasteiger partial charge on any atom is 0.253 e. The molecule has 2 aromatic rings. The summed E-state index contributed by atoms with van der Waals surface area (Å²) in [4.78, 5) is 27.8. The number of carbonyl (C=O) groups is 2. The molecule has 1 aliphatic heterocycles. The van der Waals surface area contributed by atoms with Crippen molar-refractivity contribution >= 4 is 23.4 Å². The van der Waals surface area contributed by atoms with Gasteiger partial charge in [-0.2, -0.15) is 0 Å². The van der Waals surface area contributed by atoms with Gasteiger partial charge in [0, 0.05) is 36.1 Å². The molecule has 29 heavy (non-hydrogen) atoms. The Balaban J connectivity index is 1.56. The van der Waals surface area contributed by atoms with Crippen molar-refractivity contribution in [3.8, 4) is 5.75 Å². The Bertz CT molecular complexity index is 895. The number of hydrogen-bond donors (Lipinski definition) is 1. The van der Waals surface area contributed by atoms with Gasteiger partial charge in [-0.3, -0.25) is 9.59 Å². The number of halogens is 1. The van der Waals surface area contributed by atoms with Gasteiger partial charge in [-0.25, -0.2) is 0 Å². The number of amides is 2. The van der Waals surface area contributed by atoms with Gasteiger partial charge in [-0.05, 0) is 60.7 Å².